The second-order valence-corrected chi connectivity index (χ2v) is 10.3. The highest BCUT2D eigenvalue weighted by atomic mass is 32.1. The summed E-state index contributed by atoms with van der Waals surface area (Å²) in [6.45, 7) is 8.18. The number of aliphatic hydroxyl groups is 1. The van der Waals surface area contributed by atoms with Gasteiger partial charge in [0.15, 0.2) is 5.13 Å². The molecule has 176 valence electrons. The van der Waals surface area contributed by atoms with E-state index in [0.717, 1.165) is 32.5 Å². The first-order chi connectivity index (χ1) is 16.7. The standard InChI is InChI=1S/C29H26N2O3S/c1-16(2)19-10-12-20(13-11-19)25-24(26(32)21-8-5-17(3)6-9-21)27(33)28(34)31(25)29-30-22-14-7-18(4)15-23(22)35-29/h5-16,25,32H,1-4H3. The van der Waals surface area contributed by atoms with E-state index in [1.807, 2.05) is 68.4 Å². The van der Waals surface area contributed by atoms with Crippen molar-refractivity contribution in [2.75, 3.05) is 4.90 Å². The van der Waals surface area contributed by atoms with Gasteiger partial charge in [-0.15, -0.1) is 0 Å². The van der Waals surface area contributed by atoms with Crippen LogP contribution in [0, 0.1) is 13.8 Å². The Morgan fingerprint density at radius 1 is 0.943 bits per heavy atom. The molecule has 1 amide bonds. The van der Waals surface area contributed by atoms with Crippen LogP contribution in [-0.2, 0) is 9.59 Å². The Morgan fingerprint density at radius 2 is 1.60 bits per heavy atom. The van der Waals surface area contributed by atoms with Crippen LogP contribution >= 0.6 is 11.3 Å². The average Bonchev–Trinajstić information content (AvgIpc) is 3.37. The number of aromatic nitrogens is 1. The summed E-state index contributed by atoms with van der Waals surface area (Å²) in [5.74, 6) is -1.24. The van der Waals surface area contributed by atoms with E-state index in [4.69, 9.17) is 0 Å². The second-order valence-electron chi connectivity index (χ2n) is 9.32. The summed E-state index contributed by atoms with van der Waals surface area (Å²) in [6, 6.07) is 20.3. The smallest absolute Gasteiger partial charge is 0.301 e. The fourth-order valence-electron chi connectivity index (χ4n) is 4.40. The van der Waals surface area contributed by atoms with Crippen LogP contribution in [0.5, 0.6) is 0 Å². The van der Waals surface area contributed by atoms with Crippen molar-refractivity contribution in [1.29, 1.82) is 0 Å². The lowest BCUT2D eigenvalue weighted by Crippen LogP contribution is -2.29. The summed E-state index contributed by atoms with van der Waals surface area (Å²) in [5.41, 5.74) is 5.37. The van der Waals surface area contributed by atoms with Gasteiger partial charge in [0.05, 0.1) is 21.8 Å². The highest BCUT2D eigenvalue weighted by molar-refractivity contribution is 7.22. The Bertz CT molecular complexity index is 1480. The van der Waals surface area contributed by atoms with Crippen LogP contribution in [0.2, 0.25) is 0 Å². The quantitative estimate of drug-likeness (QED) is 0.200. The molecule has 2 heterocycles. The Kier molecular flexibility index (Phi) is 5.77. The van der Waals surface area contributed by atoms with Crippen LogP contribution < -0.4 is 4.90 Å². The average molecular weight is 483 g/mol. The molecule has 6 heteroatoms. The van der Waals surface area contributed by atoms with Gasteiger partial charge in [0.2, 0.25) is 0 Å². The summed E-state index contributed by atoms with van der Waals surface area (Å²) in [7, 11) is 0. The number of thiazole rings is 1. The van der Waals surface area contributed by atoms with E-state index in [2.05, 4.69) is 18.8 Å². The summed E-state index contributed by atoms with van der Waals surface area (Å²) in [5, 5.41) is 11.7. The predicted octanol–water partition coefficient (Wildman–Crippen LogP) is 6.66. The van der Waals surface area contributed by atoms with Gasteiger partial charge in [-0.05, 0) is 48.6 Å². The third kappa shape index (κ3) is 4.04. The summed E-state index contributed by atoms with van der Waals surface area (Å²) in [6.07, 6.45) is 0. The molecule has 1 saturated heterocycles. The summed E-state index contributed by atoms with van der Waals surface area (Å²) < 4.78 is 0.939. The first-order valence-corrected chi connectivity index (χ1v) is 12.4. The number of hydrogen-bond donors (Lipinski definition) is 1. The topological polar surface area (TPSA) is 70.5 Å². The molecule has 1 atom stereocenters. The van der Waals surface area contributed by atoms with E-state index in [0.29, 0.717) is 16.6 Å². The van der Waals surface area contributed by atoms with Crippen molar-refractivity contribution >= 4 is 44.1 Å². The fourth-order valence-corrected chi connectivity index (χ4v) is 5.49. The molecular formula is C29H26N2O3S. The molecule has 1 aliphatic rings. The van der Waals surface area contributed by atoms with Gasteiger partial charge >= 0.3 is 5.91 Å². The maximum atomic E-state index is 13.4. The number of rotatable bonds is 4. The molecule has 1 aliphatic heterocycles. The SMILES string of the molecule is Cc1ccc(C(O)=C2C(=O)C(=O)N(c3nc4ccc(C)cc4s3)C2c2ccc(C(C)C)cc2)cc1. The highest BCUT2D eigenvalue weighted by Crippen LogP contribution is 2.44. The molecule has 5 rings (SSSR count). The van der Waals surface area contributed by atoms with E-state index in [1.54, 1.807) is 12.1 Å². The van der Waals surface area contributed by atoms with Gasteiger partial charge in [0, 0.05) is 5.56 Å². The minimum atomic E-state index is -0.779. The molecule has 0 spiro atoms. The summed E-state index contributed by atoms with van der Waals surface area (Å²) in [4.78, 5) is 32.9. The number of Topliss-reactive ketones (excluding diaryl/α,β-unsaturated/α-hetero) is 1. The number of aryl methyl sites for hydroxylation is 2. The van der Waals surface area contributed by atoms with Gasteiger partial charge in [-0.3, -0.25) is 14.5 Å². The summed E-state index contributed by atoms with van der Waals surface area (Å²) >= 11 is 1.37. The molecule has 5 nitrogen and oxygen atoms in total. The maximum absolute atomic E-state index is 13.4. The molecule has 1 aromatic heterocycles. The van der Waals surface area contributed by atoms with Crippen LogP contribution in [0.25, 0.3) is 16.0 Å². The molecule has 3 aromatic carbocycles. The number of hydrogen-bond acceptors (Lipinski definition) is 5. The zero-order valence-corrected chi connectivity index (χ0v) is 20.9. The fraction of sp³-hybridized carbons (Fsp3) is 0.207. The number of anilines is 1. The van der Waals surface area contributed by atoms with Crippen molar-refractivity contribution in [2.24, 2.45) is 0 Å². The van der Waals surface area contributed by atoms with E-state index in [-0.39, 0.29) is 11.3 Å². The van der Waals surface area contributed by atoms with Gasteiger partial charge in [-0.25, -0.2) is 4.98 Å². The highest BCUT2D eigenvalue weighted by Gasteiger charge is 2.48. The third-order valence-corrected chi connectivity index (χ3v) is 7.44. The Morgan fingerprint density at radius 3 is 2.26 bits per heavy atom. The van der Waals surface area contributed by atoms with Crippen LogP contribution in [0.4, 0.5) is 5.13 Å². The van der Waals surface area contributed by atoms with Gasteiger partial charge in [0.1, 0.15) is 5.76 Å². The van der Waals surface area contributed by atoms with Crippen molar-refractivity contribution in [3.63, 3.8) is 0 Å². The van der Waals surface area contributed by atoms with Crippen LogP contribution in [0.3, 0.4) is 0 Å². The molecule has 1 N–H and O–H groups in total. The molecule has 0 bridgehead atoms. The Balaban J connectivity index is 1.71. The minimum Gasteiger partial charge on any atom is -0.507 e. The van der Waals surface area contributed by atoms with E-state index in [1.165, 1.54) is 16.2 Å². The maximum Gasteiger partial charge on any atom is 0.301 e. The monoisotopic (exact) mass is 482 g/mol. The van der Waals surface area contributed by atoms with Gasteiger partial charge in [0.25, 0.3) is 5.78 Å². The van der Waals surface area contributed by atoms with Crippen molar-refractivity contribution in [3.05, 3.63) is 100 Å². The van der Waals surface area contributed by atoms with E-state index in [9.17, 15) is 14.7 Å². The lowest BCUT2D eigenvalue weighted by molar-refractivity contribution is -0.132. The number of ketones is 1. The zero-order valence-electron chi connectivity index (χ0n) is 20.1. The van der Waals surface area contributed by atoms with Crippen molar-refractivity contribution < 1.29 is 14.7 Å². The number of benzene rings is 3. The minimum absolute atomic E-state index is 0.0755. The van der Waals surface area contributed by atoms with Crippen molar-refractivity contribution in [3.8, 4) is 0 Å². The van der Waals surface area contributed by atoms with Crippen LogP contribution in [-0.4, -0.2) is 21.8 Å². The molecule has 1 unspecified atom stereocenters. The molecule has 0 radical (unpaired) electrons. The van der Waals surface area contributed by atoms with Gasteiger partial charge in [-0.2, -0.15) is 0 Å². The normalized spacial score (nSPS) is 17.6. The molecule has 35 heavy (non-hydrogen) atoms. The number of fused-ring (bicyclic) bond motifs is 1. The largest absolute Gasteiger partial charge is 0.507 e. The number of carbonyl (C=O) groups excluding carboxylic acids is 2. The Hall–Kier alpha value is -3.77. The predicted molar refractivity (Wildman–Crippen MR) is 141 cm³/mol. The molecule has 1 fully saturated rings. The molecular weight excluding hydrogens is 456 g/mol. The first-order valence-electron chi connectivity index (χ1n) is 11.6. The second kappa shape index (κ2) is 8.78. The number of nitrogens with zero attached hydrogens (tertiary/aromatic N) is 2. The number of aliphatic hydroxyl groups excluding tert-OH is 1. The molecule has 0 aliphatic carbocycles. The van der Waals surface area contributed by atoms with Crippen molar-refractivity contribution in [1.82, 2.24) is 4.98 Å². The van der Waals surface area contributed by atoms with E-state index >= 15 is 0 Å². The lowest BCUT2D eigenvalue weighted by atomic mass is 9.93. The Labute approximate surface area is 208 Å². The molecule has 4 aromatic rings. The first kappa shape index (κ1) is 23.0. The van der Waals surface area contributed by atoms with Crippen LogP contribution in [0.15, 0.2) is 72.3 Å². The number of carbonyl (C=O) groups is 2. The van der Waals surface area contributed by atoms with Gasteiger partial charge in [-0.1, -0.05) is 85.3 Å². The molecule has 0 saturated carbocycles. The van der Waals surface area contributed by atoms with Crippen molar-refractivity contribution in [2.45, 2.75) is 39.7 Å². The third-order valence-electron chi connectivity index (χ3n) is 6.43. The zero-order chi connectivity index (χ0) is 24.9. The lowest BCUT2D eigenvalue weighted by Gasteiger charge is -2.23. The van der Waals surface area contributed by atoms with Crippen LogP contribution in [0.1, 0.15) is 53.6 Å². The number of amides is 1. The van der Waals surface area contributed by atoms with E-state index < -0.39 is 17.7 Å². The van der Waals surface area contributed by atoms with Gasteiger partial charge < -0.3 is 5.11 Å².